The second-order valence-corrected chi connectivity index (χ2v) is 6.90. The molecule has 1 heterocycles. The van der Waals surface area contributed by atoms with Crippen LogP contribution in [0.1, 0.15) is 33.1 Å². The lowest BCUT2D eigenvalue weighted by Crippen LogP contribution is -1.99. The molecule has 0 fully saturated rings. The molecule has 1 aromatic heterocycles. The van der Waals surface area contributed by atoms with Crippen molar-refractivity contribution in [2.75, 3.05) is 0 Å². The van der Waals surface area contributed by atoms with E-state index >= 15 is 0 Å². The smallest absolute Gasteiger partial charge is 0.269 e. The molecular formula is C18H14N2O6S. The van der Waals surface area contributed by atoms with Crippen LogP contribution in [0.3, 0.4) is 0 Å². The number of nitrogens with zero attached hydrogens (tertiary/aromatic N) is 2. The molecule has 3 aromatic rings. The number of aliphatic hydroxyl groups excluding tert-OH is 2. The van der Waals surface area contributed by atoms with Gasteiger partial charge in [-0.25, -0.2) is 0 Å². The minimum atomic E-state index is -1.08. The highest BCUT2D eigenvalue weighted by Gasteiger charge is 2.20. The quantitative estimate of drug-likeness (QED) is 0.491. The highest BCUT2D eigenvalue weighted by molar-refractivity contribution is 7.12. The monoisotopic (exact) mass is 386 g/mol. The molecule has 2 N–H and O–H groups in total. The summed E-state index contributed by atoms with van der Waals surface area (Å²) < 4.78 is 0. The van der Waals surface area contributed by atoms with Gasteiger partial charge in [-0.1, -0.05) is 24.3 Å². The summed E-state index contributed by atoms with van der Waals surface area (Å²) in [4.78, 5) is 21.7. The Morgan fingerprint density at radius 2 is 1.15 bits per heavy atom. The third-order valence-corrected chi connectivity index (χ3v) is 5.17. The Kier molecular flexibility index (Phi) is 5.26. The Bertz CT molecular complexity index is 925. The van der Waals surface area contributed by atoms with Gasteiger partial charge in [-0.05, 0) is 23.3 Å². The Morgan fingerprint density at radius 1 is 0.741 bits per heavy atom. The van der Waals surface area contributed by atoms with E-state index < -0.39 is 22.1 Å². The van der Waals surface area contributed by atoms with Crippen molar-refractivity contribution in [1.82, 2.24) is 0 Å². The number of rotatable bonds is 6. The van der Waals surface area contributed by atoms with Crippen molar-refractivity contribution in [2.24, 2.45) is 0 Å². The summed E-state index contributed by atoms with van der Waals surface area (Å²) in [7, 11) is 0. The lowest BCUT2D eigenvalue weighted by molar-refractivity contribution is -0.385. The second-order valence-electron chi connectivity index (χ2n) is 5.75. The highest BCUT2D eigenvalue weighted by Crippen LogP contribution is 2.35. The minimum absolute atomic E-state index is 0.125. The number of nitro groups is 2. The van der Waals surface area contributed by atoms with E-state index in [-0.39, 0.29) is 11.4 Å². The van der Waals surface area contributed by atoms with Crippen LogP contribution in [0.2, 0.25) is 0 Å². The van der Waals surface area contributed by atoms with Gasteiger partial charge in [0.1, 0.15) is 12.2 Å². The average molecular weight is 386 g/mol. The number of benzene rings is 2. The molecule has 0 aliphatic heterocycles. The zero-order chi connectivity index (χ0) is 19.6. The second kappa shape index (κ2) is 7.62. The van der Waals surface area contributed by atoms with E-state index in [4.69, 9.17) is 0 Å². The predicted molar refractivity (Wildman–Crippen MR) is 98.6 cm³/mol. The first kappa shape index (κ1) is 18.6. The van der Waals surface area contributed by atoms with Gasteiger partial charge in [-0.15, -0.1) is 11.3 Å². The third kappa shape index (κ3) is 4.00. The van der Waals surface area contributed by atoms with Crippen LogP contribution in [0, 0.1) is 20.2 Å². The molecule has 0 saturated heterocycles. The maximum Gasteiger partial charge on any atom is 0.269 e. The van der Waals surface area contributed by atoms with Crippen LogP contribution in [-0.2, 0) is 0 Å². The van der Waals surface area contributed by atoms with Gasteiger partial charge in [0, 0.05) is 34.0 Å². The van der Waals surface area contributed by atoms with E-state index in [2.05, 4.69) is 0 Å². The zero-order valence-corrected chi connectivity index (χ0v) is 14.6. The fraction of sp³-hybridized carbons (Fsp3) is 0.111. The molecule has 3 rings (SSSR count). The minimum Gasteiger partial charge on any atom is -0.383 e. The molecule has 27 heavy (non-hydrogen) atoms. The number of non-ortho nitro benzene ring substituents is 2. The molecule has 0 radical (unpaired) electrons. The van der Waals surface area contributed by atoms with Crippen molar-refractivity contribution >= 4 is 22.7 Å². The summed E-state index contributed by atoms with van der Waals surface area (Å²) in [6.45, 7) is 0. The van der Waals surface area contributed by atoms with Gasteiger partial charge in [0.2, 0.25) is 0 Å². The summed E-state index contributed by atoms with van der Waals surface area (Å²) in [5, 5.41) is 42.8. The molecule has 0 amide bonds. The van der Waals surface area contributed by atoms with Crippen LogP contribution in [0.25, 0.3) is 0 Å². The van der Waals surface area contributed by atoms with E-state index in [9.17, 15) is 30.4 Å². The predicted octanol–water partition coefficient (Wildman–Crippen LogP) is 3.73. The number of hydrogen-bond donors (Lipinski definition) is 2. The number of aliphatic hydroxyl groups is 2. The summed E-state index contributed by atoms with van der Waals surface area (Å²) >= 11 is 1.13. The Morgan fingerprint density at radius 3 is 1.52 bits per heavy atom. The van der Waals surface area contributed by atoms with Gasteiger partial charge >= 0.3 is 0 Å². The van der Waals surface area contributed by atoms with E-state index in [1.54, 1.807) is 24.3 Å². The van der Waals surface area contributed by atoms with E-state index in [0.29, 0.717) is 20.9 Å². The number of thiophene rings is 1. The number of nitro benzene ring substituents is 2. The van der Waals surface area contributed by atoms with Crippen molar-refractivity contribution < 1.29 is 20.1 Å². The van der Waals surface area contributed by atoms with Crippen LogP contribution in [-0.4, -0.2) is 20.1 Å². The molecule has 2 atom stereocenters. The molecule has 0 spiro atoms. The Hall–Kier alpha value is -3.14. The van der Waals surface area contributed by atoms with Crippen LogP contribution in [0.15, 0.2) is 60.7 Å². The first-order valence-electron chi connectivity index (χ1n) is 7.81. The molecule has 2 unspecified atom stereocenters. The molecule has 2 aromatic carbocycles. The van der Waals surface area contributed by atoms with Gasteiger partial charge in [-0.2, -0.15) is 0 Å². The van der Waals surface area contributed by atoms with E-state index in [0.717, 1.165) is 11.3 Å². The van der Waals surface area contributed by atoms with Crippen molar-refractivity contribution in [1.29, 1.82) is 0 Å². The highest BCUT2D eigenvalue weighted by atomic mass is 32.1. The fourth-order valence-electron chi connectivity index (χ4n) is 2.61. The molecular weight excluding hydrogens is 372 g/mol. The lowest BCUT2D eigenvalue weighted by Gasteiger charge is -2.10. The molecule has 0 aliphatic rings. The maximum atomic E-state index is 10.9. The first-order valence-corrected chi connectivity index (χ1v) is 8.63. The van der Waals surface area contributed by atoms with Crippen LogP contribution in [0.5, 0.6) is 0 Å². The Balaban J connectivity index is 1.86. The summed E-state index contributed by atoms with van der Waals surface area (Å²) in [6.07, 6.45) is -2.16. The first-order chi connectivity index (χ1) is 12.9. The number of hydrogen-bond acceptors (Lipinski definition) is 7. The van der Waals surface area contributed by atoms with E-state index in [1.807, 2.05) is 0 Å². The normalized spacial score (nSPS) is 13.1. The summed E-state index contributed by atoms with van der Waals surface area (Å²) in [6, 6.07) is 14.6. The molecule has 9 heteroatoms. The molecule has 0 bridgehead atoms. The van der Waals surface area contributed by atoms with Gasteiger partial charge in [0.05, 0.1) is 9.85 Å². The molecule has 8 nitrogen and oxygen atoms in total. The summed E-state index contributed by atoms with van der Waals surface area (Å²) in [5.74, 6) is 0. The van der Waals surface area contributed by atoms with Crippen LogP contribution >= 0.6 is 11.3 Å². The lowest BCUT2D eigenvalue weighted by atomic mass is 10.1. The van der Waals surface area contributed by atoms with Crippen molar-refractivity contribution in [3.63, 3.8) is 0 Å². The van der Waals surface area contributed by atoms with Crippen molar-refractivity contribution in [3.8, 4) is 0 Å². The molecule has 0 saturated carbocycles. The van der Waals surface area contributed by atoms with Gasteiger partial charge < -0.3 is 10.2 Å². The van der Waals surface area contributed by atoms with Gasteiger partial charge in [0.15, 0.2) is 0 Å². The van der Waals surface area contributed by atoms with Crippen molar-refractivity contribution in [2.45, 2.75) is 12.2 Å². The van der Waals surface area contributed by atoms with Crippen molar-refractivity contribution in [3.05, 3.63) is 102 Å². The SMILES string of the molecule is O=[N+]([O-])c1cccc(C(O)c2ccc(C(O)c3cccc([N+](=O)[O-])c3)s2)c1. The molecule has 138 valence electrons. The van der Waals surface area contributed by atoms with E-state index in [1.165, 1.54) is 36.4 Å². The standard InChI is InChI=1S/C18H14N2O6S/c21-17(11-3-1-5-13(9-11)19(23)24)15-7-8-16(27-15)18(22)12-4-2-6-14(10-12)20(25)26/h1-10,17-18,21-22H. The van der Waals surface area contributed by atoms with Gasteiger partial charge in [-0.3, -0.25) is 20.2 Å². The van der Waals surface area contributed by atoms with Crippen LogP contribution in [0.4, 0.5) is 11.4 Å². The fourth-order valence-corrected chi connectivity index (χ4v) is 3.65. The molecule has 0 aliphatic carbocycles. The third-order valence-electron chi connectivity index (χ3n) is 3.98. The van der Waals surface area contributed by atoms with Crippen LogP contribution < -0.4 is 0 Å². The average Bonchev–Trinajstić information content (AvgIpc) is 3.17. The summed E-state index contributed by atoms with van der Waals surface area (Å²) in [5.41, 5.74) is 0.477. The topological polar surface area (TPSA) is 127 Å². The van der Waals surface area contributed by atoms with Gasteiger partial charge in [0.25, 0.3) is 11.4 Å². The largest absolute Gasteiger partial charge is 0.383 e. The Labute approximate surface area is 157 Å². The maximum absolute atomic E-state index is 10.9. The zero-order valence-electron chi connectivity index (χ0n) is 13.8.